The third-order valence-corrected chi connectivity index (χ3v) is 9.46. The smallest absolute Gasteiger partial charge is 0.301 e. The second kappa shape index (κ2) is 13.2. The zero-order valence-electron chi connectivity index (χ0n) is 23.8. The Morgan fingerprint density at radius 1 is 0.978 bits per heavy atom. The van der Waals surface area contributed by atoms with Crippen molar-refractivity contribution in [2.45, 2.75) is 29.7 Å². The van der Waals surface area contributed by atoms with Gasteiger partial charge >= 0.3 is 5.91 Å². The monoisotopic (exact) mass is 657 g/mol. The fourth-order valence-electron chi connectivity index (χ4n) is 4.94. The van der Waals surface area contributed by atoms with E-state index >= 15 is 0 Å². The number of carbonyl (C=O) groups excluding carboxylic acids is 2. The Kier molecular flexibility index (Phi) is 8.97. The molecule has 1 fully saturated rings. The second-order valence-corrected chi connectivity index (χ2v) is 12.9. The number of aryl methyl sites for hydroxylation is 1. The molecule has 6 rings (SSSR count). The predicted octanol–water partition coefficient (Wildman–Crippen LogP) is 8.14. The van der Waals surface area contributed by atoms with Crippen LogP contribution in [-0.2, 0) is 21.9 Å². The van der Waals surface area contributed by atoms with Crippen LogP contribution >= 0.6 is 34.7 Å². The molecule has 7 nitrogen and oxygen atoms in total. The van der Waals surface area contributed by atoms with Gasteiger partial charge in [-0.15, -0.1) is 10.2 Å². The molecule has 1 atom stereocenters. The number of aliphatic hydroxyl groups is 1. The number of aromatic nitrogens is 2. The van der Waals surface area contributed by atoms with Crippen molar-refractivity contribution in [2.75, 3.05) is 4.90 Å². The molecule has 45 heavy (non-hydrogen) atoms. The number of ketones is 1. The van der Waals surface area contributed by atoms with Gasteiger partial charge in [0.05, 0.1) is 11.6 Å². The number of amides is 1. The molecule has 226 valence electrons. The Morgan fingerprint density at radius 2 is 1.73 bits per heavy atom. The van der Waals surface area contributed by atoms with E-state index in [0.29, 0.717) is 38.6 Å². The molecule has 1 aliphatic heterocycles. The van der Waals surface area contributed by atoms with E-state index in [1.807, 2.05) is 31.2 Å². The summed E-state index contributed by atoms with van der Waals surface area (Å²) < 4.78 is 19.7. The standard InChI is InChI=1S/C34H25ClFN3O4S2/c1-20-4-2-5-22(16-20)18-43-27-14-10-23(11-15-27)30(40)28-29(24-6-3-7-25(35)17-24)39(32(42)31(28)41)33-37-38-34(45-33)44-19-21-8-12-26(36)13-9-21/h2-17,29,40H,18-19H2,1H3. The van der Waals surface area contributed by atoms with E-state index in [-0.39, 0.29) is 22.3 Å². The van der Waals surface area contributed by atoms with Gasteiger partial charge in [-0.05, 0) is 72.1 Å². The molecule has 1 aromatic heterocycles. The van der Waals surface area contributed by atoms with Crippen LogP contribution < -0.4 is 9.64 Å². The summed E-state index contributed by atoms with van der Waals surface area (Å²) in [5.74, 6) is -1.25. The second-order valence-electron chi connectivity index (χ2n) is 10.3. The molecule has 0 radical (unpaired) electrons. The highest BCUT2D eigenvalue weighted by atomic mass is 35.5. The Morgan fingerprint density at radius 3 is 2.47 bits per heavy atom. The first-order valence-electron chi connectivity index (χ1n) is 13.8. The van der Waals surface area contributed by atoms with Gasteiger partial charge in [-0.25, -0.2) is 4.39 Å². The summed E-state index contributed by atoms with van der Waals surface area (Å²) in [6, 6.07) is 26.6. The molecule has 0 bridgehead atoms. The molecule has 0 aliphatic carbocycles. The molecule has 11 heteroatoms. The lowest BCUT2D eigenvalue weighted by Crippen LogP contribution is -2.29. The number of halogens is 2. The molecule has 0 spiro atoms. The first kappa shape index (κ1) is 30.5. The molecule has 0 saturated carbocycles. The van der Waals surface area contributed by atoms with Crippen molar-refractivity contribution in [1.29, 1.82) is 0 Å². The Balaban J connectivity index is 1.29. The largest absolute Gasteiger partial charge is 0.507 e. The number of benzene rings is 4. The Hall–Kier alpha value is -4.51. The van der Waals surface area contributed by atoms with Gasteiger partial charge in [0.1, 0.15) is 23.9 Å². The fourth-order valence-corrected chi connectivity index (χ4v) is 6.96. The van der Waals surface area contributed by atoms with Gasteiger partial charge in [-0.2, -0.15) is 0 Å². The number of carbonyl (C=O) groups is 2. The van der Waals surface area contributed by atoms with E-state index in [1.54, 1.807) is 60.7 Å². The number of rotatable bonds is 9. The van der Waals surface area contributed by atoms with E-state index in [9.17, 15) is 19.1 Å². The Labute approximate surface area is 272 Å². The molecule has 1 unspecified atom stereocenters. The molecule has 5 aromatic rings. The Bertz CT molecular complexity index is 1910. The summed E-state index contributed by atoms with van der Waals surface area (Å²) in [6.07, 6.45) is 0. The van der Waals surface area contributed by atoms with Crippen molar-refractivity contribution >= 4 is 57.3 Å². The predicted molar refractivity (Wildman–Crippen MR) is 174 cm³/mol. The molecular formula is C34H25ClFN3O4S2. The third-order valence-electron chi connectivity index (χ3n) is 7.10. The maximum Gasteiger partial charge on any atom is 0.301 e. The van der Waals surface area contributed by atoms with E-state index in [1.165, 1.54) is 28.8 Å². The van der Waals surface area contributed by atoms with Crippen molar-refractivity contribution < 1.29 is 23.8 Å². The zero-order valence-corrected chi connectivity index (χ0v) is 26.2. The van der Waals surface area contributed by atoms with E-state index in [4.69, 9.17) is 16.3 Å². The quantitative estimate of drug-likeness (QED) is 0.0562. The highest BCUT2D eigenvalue weighted by molar-refractivity contribution is 8.00. The van der Waals surface area contributed by atoms with Gasteiger partial charge in [0.25, 0.3) is 5.78 Å². The molecule has 1 saturated heterocycles. The van der Waals surface area contributed by atoms with E-state index in [0.717, 1.165) is 28.0 Å². The van der Waals surface area contributed by atoms with Crippen LogP contribution in [0, 0.1) is 12.7 Å². The molecule has 1 amide bonds. The highest BCUT2D eigenvalue weighted by Crippen LogP contribution is 2.44. The minimum atomic E-state index is -0.996. The summed E-state index contributed by atoms with van der Waals surface area (Å²) in [5.41, 5.74) is 3.83. The average Bonchev–Trinajstić information content (AvgIpc) is 3.61. The number of aliphatic hydroxyl groups excluding tert-OH is 1. The minimum absolute atomic E-state index is 0.0913. The number of Topliss-reactive ketones (excluding diaryl/α,β-unsaturated/α-hetero) is 1. The average molecular weight is 658 g/mol. The number of ether oxygens (including phenoxy) is 1. The van der Waals surface area contributed by atoms with Crippen molar-refractivity contribution in [2.24, 2.45) is 0 Å². The van der Waals surface area contributed by atoms with Gasteiger partial charge in [-0.1, -0.05) is 88.8 Å². The third kappa shape index (κ3) is 6.78. The lowest BCUT2D eigenvalue weighted by Gasteiger charge is -2.22. The maximum atomic E-state index is 13.5. The van der Waals surface area contributed by atoms with Gasteiger partial charge in [0.2, 0.25) is 5.13 Å². The zero-order chi connectivity index (χ0) is 31.5. The highest BCUT2D eigenvalue weighted by Gasteiger charge is 2.48. The van der Waals surface area contributed by atoms with Crippen LogP contribution in [0.15, 0.2) is 107 Å². The van der Waals surface area contributed by atoms with Crippen molar-refractivity contribution in [3.05, 3.63) is 141 Å². The molecule has 4 aromatic carbocycles. The first-order valence-corrected chi connectivity index (χ1v) is 16.0. The van der Waals surface area contributed by atoms with Gasteiger partial charge in [-0.3, -0.25) is 14.5 Å². The van der Waals surface area contributed by atoms with Crippen molar-refractivity contribution in [3.8, 4) is 5.75 Å². The van der Waals surface area contributed by atoms with E-state index < -0.39 is 17.7 Å². The maximum absolute atomic E-state index is 13.5. The van der Waals surface area contributed by atoms with Crippen LogP contribution in [0.5, 0.6) is 5.75 Å². The molecule has 2 heterocycles. The number of nitrogens with zero attached hydrogens (tertiary/aromatic N) is 3. The first-order chi connectivity index (χ1) is 21.8. The summed E-state index contributed by atoms with van der Waals surface area (Å²) in [4.78, 5) is 28.3. The van der Waals surface area contributed by atoms with Crippen LogP contribution in [0.4, 0.5) is 9.52 Å². The summed E-state index contributed by atoms with van der Waals surface area (Å²) in [5, 5.41) is 20.5. The van der Waals surface area contributed by atoms with Gasteiger partial charge in [0.15, 0.2) is 4.34 Å². The van der Waals surface area contributed by atoms with E-state index in [2.05, 4.69) is 10.2 Å². The summed E-state index contributed by atoms with van der Waals surface area (Å²) in [7, 11) is 0. The topological polar surface area (TPSA) is 92.6 Å². The van der Waals surface area contributed by atoms with Crippen LogP contribution in [-0.4, -0.2) is 27.0 Å². The van der Waals surface area contributed by atoms with Crippen LogP contribution in [0.1, 0.15) is 33.9 Å². The molecular weight excluding hydrogens is 633 g/mol. The number of thioether (sulfide) groups is 1. The summed E-state index contributed by atoms with van der Waals surface area (Å²) >= 11 is 8.83. The number of hydrogen-bond donors (Lipinski definition) is 1. The van der Waals surface area contributed by atoms with Crippen LogP contribution in [0.2, 0.25) is 5.02 Å². The summed E-state index contributed by atoms with van der Waals surface area (Å²) in [6.45, 7) is 2.39. The molecule has 1 aliphatic rings. The van der Waals surface area contributed by atoms with Crippen molar-refractivity contribution in [1.82, 2.24) is 10.2 Å². The van der Waals surface area contributed by atoms with Crippen LogP contribution in [0.25, 0.3) is 5.76 Å². The number of anilines is 1. The fraction of sp³-hybridized carbons (Fsp3) is 0.118. The minimum Gasteiger partial charge on any atom is -0.507 e. The number of hydrogen-bond acceptors (Lipinski definition) is 8. The van der Waals surface area contributed by atoms with Gasteiger partial charge in [0, 0.05) is 16.3 Å². The van der Waals surface area contributed by atoms with Crippen LogP contribution in [0.3, 0.4) is 0 Å². The van der Waals surface area contributed by atoms with Crippen molar-refractivity contribution in [3.63, 3.8) is 0 Å². The van der Waals surface area contributed by atoms with Gasteiger partial charge < -0.3 is 9.84 Å². The lowest BCUT2D eigenvalue weighted by atomic mass is 9.95. The molecule has 1 N–H and O–H groups in total. The normalized spacial score (nSPS) is 15.9. The lowest BCUT2D eigenvalue weighted by molar-refractivity contribution is -0.132. The SMILES string of the molecule is Cc1cccc(COc2ccc(C(O)=C3C(=O)C(=O)N(c4nnc(SCc5ccc(F)cc5)s4)C3c3cccc(Cl)c3)cc2)c1.